The van der Waals surface area contributed by atoms with Crippen molar-refractivity contribution in [2.24, 2.45) is 11.8 Å². The predicted octanol–water partition coefficient (Wildman–Crippen LogP) is 4.20. The van der Waals surface area contributed by atoms with E-state index in [1.54, 1.807) is 14.2 Å². The molecule has 0 radical (unpaired) electrons. The van der Waals surface area contributed by atoms with Crippen molar-refractivity contribution < 1.29 is 42.7 Å². The molecule has 1 saturated heterocycles. The van der Waals surface area contributed by atoms with Crippen molar-refractivity contribution >= 4 is 11.9 Å². The first kappa shape index (κ1) is 24.9. The minimum absolute atomic E-state index is 0.0838. The van der Waals surface area contributed by atoms with Crippen molar-refractivity contribution in [3.63, 3.8) is 0 Å². The van der Waals surface area contributed by atoms with Crippen LogP contribution in [-0.2, 0) is 25.5 Å². The highest BCUT2D eigenvalue weighted by Gasteiger charge is 2.54. The summed E-state index contributed by atoms with van der Waals surface area (Å²) in [4.78, 5) is 26.4. The predicted molar refractivity (Wildman–Crippen MR) is 137 cm³/mol. The summed E-state index contributed by atoms with van der Waals surface area (Å²) in [5, 5.41) is 0. The highest BCUT2D eigenvalue weighted by molar-refractivity contribution is 5.80. The van der Waals surface area contributed by atoms with E-state index < -0.39 is 23.9 Å². The SMILES string of the molecule is COc1cc([C@@H]2c3cc4c(cc3[C@@H](OC(=O)Cc3ccccc3)[C@H]3COC(=O)[C@H]23)OCO4)cc(OC)c1OC. The van der Waals surface area contributed by atoms with E-state index in [4.69, 9.17) is 33.2 Å². The first-order valence-corrected chi connectivity index (χ1v) is 12.7. The quantitative estimate of drug-likeness (QED) is 0.415. The number of hydrogen-bond donors (Lipinski definition) is 0. The first-order valence-electron chi connectivity index (χ1n) is 12.7. The van der Waals surface area contributed by atoms with Crippen LogP contribution >= 0.6 is 0 Å². The van der Waals surface area contributed by atoms with Gasteiger partial charge >= 0.3 is 11.9 Å². The summed E-state index contributed by atoms with van der Waals surface area (Å²) in [5.41, 5.74) is 3.15. The van der Waals surface area contributed by atoms with E-state index >= 15 is 0 Å². The van der Waals surface area contributed by atoms with Crippen LogP contribution in [0.2, 0.25) is 0 Å². The maximum Gasteiger partial charge on any atom is 0.310 e. The van der Waals surface area contributed by atoms with Gasteiger partial charge in [-0.2, -0.15) is 0 Å². The van der Waals surface area contributed by atoms with Crippen LogP contribution in [0, 0.1) is 11.8 Å². The Hall–Kier alpha value is -4.40. The van der Waals surface area contributed by atoms with Gasteiger partial charge in [0.15, 0.2) is 23.0 Å². The minimum Gasteiger partial charge on any atom is -0.493 e. The Morgan fingerprint density at radius 3 is 2.18 bits per heavy atom. The summed E-state index contributed by atoms with van der Waals surface area (Å²) >= 11 is 0. The zero-order valence-electron chi connectivity index (χ0n) is 21.8. The van der Waals surface area contributed by atoms with Gasteiger partial charge in [0.1, 0.15) is 6.10 Å². The maximum absolute atomic E-state index is 13.3. The first-order chi connectivity index (χ1) is 19.0. The van der Waals surface area contributed by atoms with Crippen LogP contribution in [0.3, 0.4) is 0 Å². The largest absolute Gasteiger partial charge is 0.493 e. The average molecular weight is 533 g/mol. The lowest BCUT2D eigenvalue weighted by atomic mass is 9.66. The molecule has 0 bridgehead atoms. The Bertz CT molecular complexity index is 1390. The summed E-state index contributed by atoms with van der Waals surface area (Å²) < 4.78 is 39.8. The van der Waals surface area contributed by atoms with E-state index in [0.29, 0.717) is 28.7 Å². The van der Waals surface area contributed by atoms with E-state index in [1.165, 1.54) is 7.11 Å². The standard InChI is InChI=1S/C30H28O9/c1-33-23-10-17(11-24(34-2)29(23)35-3)26-18-12-21-22(38-15-37-21)13-19(18)28(20-14-36-30(32)27(20)26)39-25(31)9-16-7-5-4-6-8-16/h4-8,10-13,20,26-28H,9,14-15H2,1-3H3/t20-,26+,27-,28+/m0/s1. The van der Waals surface area contributed by atoms with E-state index in [1.807, 2.05) is 54.6 Å². The van der Waals surface area contributed by atoms with Crippen LogP contribution in [-0.4, -0.2) is 46.7 Å². The number of hydrogen-bond acceptors (Lipinski definition) is 9. The third-order valence-electron chi connectivity index (χ3n) is 7.62. The zero-order valence-corrected chi connectivity index (χ0v) is 21.8. The maximum atomic E-state index is 13.3. The van der Waals surface area contributed by atoms with Crippen LogP contribution in [0.5, 0.6) is 28.7 Å². The molecule has 2 aliphatic heterocycles. The molecule has 3 aliphatic rings. The molecule has 4 atom stereocenters. The average Bonchev–Trinajstić information content (AvgIpc) is 3.58. The van der Waals surface area contributed by atoms with Crippen molar-refractivity contribution in [2.75, 3.05) is 34.7 Å². The molecule has 0 unspecified atom stereocenters. The second-order valence-corrected chi connectivity index (χ2v) is 9.66. The highest BCUT2D eigenvalue weighted by Crippen LogP contribution is 2.56. The summed E-state index contributed by atoms with van der Waals surface area (Å²) in [6.45, 7) is 0.210. The van der Waals surface area contributed by atoms with E-state index in [-0.39, 0.29) is 31.8 Å². The van der Waals surface area contributed by atoms with Gasteiger partial charge in [0.05, 0.1) is 40.3 Å². The molecule has 0 saturated carbocycles. The molecule has 2 heterocycles. The van der Waals surface area contributed by atoms with Crippen molar-refractivity contribution in [3.8, 4) is 28.7 Å². The topological polar surface area (TPSA) is 98.8 Å². The summed E-state index contributed by atoms with van der Waals surface area (Å²) in [7, 11) is 4.63. The van der Waals surface area contributed by atoms with E-state index in [9.17, 15) is 9.59 Å². The van der Waals surface area contributed by atoms with Crippen LogP contribution < -0.4 is 23.7 Å². The number of cyclic esters (lactones) is 1. The Morgan fingerprint density at radius 2 is 1.54 bits per heavy atom. The number of esters is 2. The van der Waals surface area contributed by atoms with Crippen LogP contribution in [0.4, 0.5) is 0 Å². The molecule has 9 nitrogen and oxygen atoms in total. The molecule has 0 spiro atoms. The molecule has 9 heteroatoms. The second kappa shape index (κ2) is 10.1. The van der Waals surface area contributed by atoms with Crippen LogP contribution in [0.25, 0.3) is 0 Å². The molecule has 1 aliphatic carbocycles. The molecule has 3 aromatic carbocycles. The lowest BCUT2D eigenvalue weighted by Gasteiger charge is -2.38. The summed E-state index contributed by atoms with van der Waals surface area (Å²) in [5.74, 6) is 0.281. The Balaban J connectivity index is 1.48. The minimum atomic E-state index is -0.708. The molecule has 3 aromatic rings. The van der Waals surface area contributed by atoms with E-state index in [0.717, 1.165) is 22.3 Å². The van der Waals surface area contributed by atoms with Crippen molar-refractivity contribution in [1.29, 1.82) is 0 Å². The summed E-state index contributed by atoms with van der Waals surface area (Å²) in [6, 6.07) is 16.8. The fourth-order valence-electron chi connectivity index (χ4n) is 5.89. The lowest BCUT2D eigenvalue weighted by Crippen LogP contribution is -2.36. The summed E-state index contributed by atoms with van der Waals surface area (Å²) in [6.07, 6.45) is -0.597. The van der Waals surface area contributed by atoms with Gasteiger partial charge in [-0.15, -0.1) is 0 Å². The smallest absolute Gasteiger partial charge is 0.310 e. The Morgan fingerprint density at radius 1 is 0.872 bits per heavy atom. The highest BCUT2D eigenvalue weighted by atomic mass is 16.7. The normalized spacial score (nSPS) is 22.4. The number of rotatable bonds is 7. The van der Waals surface area contributed by atoms with Crippen molar-refractivity contribution in [2.45, 2.75) is 18.4 Å². The van der Waals surface area contributed by atoms with Crippen LogP contribution in [0.15, 0.2) is 54.6 Å². The van der Waals surface area contributed by atoms with Gasteiger partial charge in [-0.3, -0.25) is 9.59 Å². The number of methoxy groups -OCH3 is 3. The fraction of sp³-hybridized carbons (Fsp3) is 0.333. The number of carbonyl (C=O) groups excluding carboxylic acids is 2. The molecular weight excluding hydrogens is 504 g/mol. The lowest BCUT2D eigenvalue weighted by molar-refractivity contribution is -0.153. The molecule has 0 amide bonds. The molecule has 0 N–H and O–H groups in total. The number of carbonyl (C=O) groups is 2. The van der Waals surface area contributed by atoms with Gasteiger partial charge in [-0.1, -0.05) is 30.3 Å². The third kappa shape index (κ3) is 4.27. The molecule has 39 heavy (non-hydrogen) atoms. The fourth-order valence-corrected chi connectivity index (χ4v) is 5.89. The van der Waals surface area contributed by atoms with E-state index in [2.05, 4.69) is 0 Å². The van der Waals surface area contributed by atoms with Gasteiger partial charge in [0.25, 0.3) is 0 Å². The molecule has 202 valence electrons. The van der Waals surface area contributed by atoms with Gasteiger partial charge < -0.3 is 33.2 Å². The number of fused-ring (bicyclic) bond motifs is 3. The monoisotopic (exact) mass is 532 g/mol. The van der Waals surface area contributed by atoms with Gasteiger partial charge in [-0.25, -0.2) is 0 Å². The zero-order chi connectivity index (χ0) is 27.1. The second-order valence-electron chi connectivity index (χ2n) is 9.66. The third-order valence-corrected chi connectivity index (χ3v) is 7.62. The van der Waals surface area contributed by atoms with Crippen molar-refractivity contribution in [1.82, 2.24) is 0 Å². The molecule has 1 fully saturated rings. The number of ether oxygens (including phenoxy) is 7. The molecule has 6 rings (SSSR count). The molecule has 0 aromatic heterocycles. The number of benzene rings is 3. The van der Waals surface area contributed by atoms with Gasteiger partial charge in [0, 0.05) is 17.4 Å². The van der Waals surface area contributed by atoms with Gasteiger partial charge in [-0.05, 0) is 41.0 Å². The van der Waals surface area contributed by atoms with Gasteiger partial charge in [0.2, 0.25) is 12.5 Å². The Labute approximate surface area is 225 Å². The molecular formula is C30H28O9. The Kier molecular flexibility index (Phi) is 6.42. The van der Waals surface area contributed by atoms with Crippen molar-refractivity contribution in [3.05, 3.63) is 76.9 Å². The van der Waals surface area contributed by atoms with Crippen LogP contribution in [0.1, 0.15) is 34.3 Å².